The van der Waals surface area contributed by atoms with Crippen molar-refractivity contribution in [2.24, 2.45) is 11.1 Å². The van der Waals surface area contributed by atoms with Crippen molar-refractivity contribution >= 4 is 11.6 Å². The van der Waals surface area contributed by atoms with E-state index in [9.17, 15) is 0 Å². The summed E-state index contributed by atoms with van der Waals surface area (Å²) >= 11 is 0. The van der Waals surface area contributed by atoms with E-state index in [-0.39, 0.29) is 11.4 Å². The molecule has 1 aromatic heterocycles. The van der Waals surface area contributed by atoms with Crippen LogP contribution in [0.25, 0.3) is 0 Å². The Bertz CT molecular complexity index is 846. The highest BCUT2D eigenvalue weighted by Gasteiger charge is 2.31. The molecule has 29 heavy (non-hydrogen) atoms. The molecule has 0 radical (unpaired) electrons. The minimum absolute atomic E-state index is 0.151. The van der Waals surface area contributed by atoms with Crippen LogP contribution in [0.1, 0.15) is 37.3 Å². The molecule has 0 aliphatic carbocycles. The van der Waals surface area contributed by atoms with Crippen molar-refractivity contribution in [3.8, 4) is 5.75 Å². The van der Waals surface area contributed by atoms with Gasteiger partial charge < -0.3 is 20.3 Å². The number of rotatable bonds is 4. The van der Waals surface area contributed by atoms with Gasteiger partial charge in [0.15, 0.2) is 5.96 Å². The van der Waals surface area contributed by atoms with Crippen molar-refractivity contribution < 1.29 is 4.74 Å². The Kier molecular flexibility index (Phi) is 5.60. The Hall–Kier alpha value is -2.76. The molecule has 0 amide bonds. The molecule has 0 atom stereocenters. The summed E-state index contributed by atoms with van der Waals surface area (Å²) in [6.07, 6.45) is 7.99. The number of hydrogen-bond acceptors (Lipinski definition) is 4. The lowest BCUT2D eigenvalue weighted by molar-refractivity contribution is 0.131. The normalized spacial score (nSPS) is 18.7. The van der Waals surface area contributed by atoms with Gasteiger partial charge in [0.2, 0.25) is 0 Å². The van der Waals surface area contributed by atoms with Crippen molar-refractivity contribution in [2.75, 3.05) is 31.1 Å². The fraction of sp³-hybridized carbons (Fsp3) is 0.478. The Balaban J connectivity index is 1.36. The van der Waals surface area contributed by atoms with Crippen LogP contribution in [0.15, 0.2) is 42.7 Å². The van der Waals surface area contributed by atoms with E-state index in [4.69, 9.17) is 15.9 Å². The first-order valence-corrected chi connectivity index (χ1v) is 10.5. The SMILES string of the molecule is CC1(COc2ccc3c(c2)CN(C(=N)N)CCC3)CCN(c2ccncc2)CC1. The van der Waals surface area contributed by atoms with Crippen molar-refractivity contribution in [1.29, 1.82) is 5.41 Å². The Morgan fingerprint density at radius 2 is 1.90 bits per heavy atom. The van der Waals surface area contributed by atoms with Gasteiger partial charge in [-0.25, -0.2) is 0 Å². The smallest absolute Gasteiger partial charge is 0.188 e. The fourth-order valence-corrected chi connectivity index (χ4v) is 4.30. The molecule has 3 N–H and O–H groups in total. The number of benzene rings is 1. The van der Waals surface area contributed by atoms with Crippen LogP contribution in [0.3, 0.4) is 0 Å². The number of nitrogens with zero attached hydrogens (tertiary/aromatic N) is 3. The second kappa shape index (κ2) is 8.31. The summed E-state index contributed by atoms with van der Waals surface area (Å²) in [5.74, 6) is 1.07. The summed E-state index contributed by atoms with van der Waals surface area (Å²) in [7, 11) is 0. The highest BCUT2D eigenvalue weighted by molar-refractivity contribution is 5.74. The molecule has 1 fully saturated rings. The van der Waals surface area contributed by atoms with Crippen LogP contribution in [0.5, 0.6) is 5.75 Å². The molecule has 0 bridgehead atoms. The highest BCUT2D eigenvalue weighted by atomic mass is 16.5. The molecule has 6 heteroatoms. The van der Waals surface area contributed by atoms with Crippen molar-refractivity contribution in [3.63, 3.8) is 0 Å². The van der Waals surface area contributed by atoms with E-state index in [1.807, 2.05) is 17.3 Å². The Morgan fingerprint density at radius 1 is 1.14 bits per heavy atom. The number of nitrogens with two attached hydrogens (primary N) is 1. The number of hydrogen-bond donors (Lipinski definition) is 2. The van der Waals surface area contributed by atoms with E-state index in [0.29, 0.717) is 6.54 Å². The minimum Gasteiger partial charge on any atom is -0.493 e. The van der Waals surface area contributed by atoms with E-state index < -0.39 is 0 Å². The fourth-order valence-electron chi connectivity index (χ4n) is 4.30. The van der Waals surface area contributed by atoms with E-state index in [2.05, 4.69) is 47.1 Å². The maximum absolute atomic E-state index is 7.77. The van der Waals surface area contributed by atoms with Gasteiger partial charge in [-0.2, -0.15) is 0 Å². The first-order chi connectivity index (χ1) is 14.0. The molecular weight excluding hydrogens is 362 g/mol. The summed E-state index contributed by atoms with van der Waals surface area (Å²) in [5, 5.41) is 7.77. The number of aryl methyl sites for hydroxylation is 1. The van der Waals surface area contributed by atoms with Crippen LogP contribution in [0, 0.1) is 10.8 Å². The van der Waals surface area contributed by atoms with E-state index in [1.165, 1.54) is 16.8 Å². The number of pyridine rings is 1. The number of aromatic nitrogens is 1. The zero-order chi connectivity index (χ0) is 20.3. The van der Waals surface area contributed by atoms with E-state index >= 15 is 0 Å². The molecule has 0 unspecified atom stereocenters. The number of fused-ring (bicyclic) bond motifs is 1. The zero-order valence-corrected chi connectivity index (χ0v) is 17.2. The number of piperidine rings is 1. The van der Waals surface area contributed by atoms with Gasteiger partial charge in [-0.3, -0.25) is 10.4 Å². The molecule has 0 saturated carbocycles. The predicted molar refractivity (Wildman–Crippen MR) is 116 cm³/mol. The van der Waals surface area contributed by atoms with Crippen LogP contribution in [0.4, 0.5) is 5.69 Å². The molecule has 6 nitrogen and oxygen atoms in total. The van der Waals surface area contributed by atoms with E-state index in [0.717, 1.165) is 57.7 Å². The standard InChI is InChI=1S/C23H31N5O/c1-23(8-13-27(14-9-23)20-6-10-26-11-7-20)17-29-21-5-4-18-3-2-12-28(22(24)25)16-19(18)15-21/h4-7,10-11,15H,2-3,8-9,12-14,16-17H2,1H3,(H3,24,25). The maximum Gasteiger partial charge on any atom is 0.188 e. The molecule has 0 spiro atoms. The Morgan fingerprint density at radius 3 is 2.62 bits per heavy atom. The average Bonchev–Trinajstić information content (AvgIpc) is 2.96. The van der Waals surface area contributed by atoms with Gasteiger partial charge in [-0.15, -0.1) is 0 Å². The van der Waals surface area contributed by atoms with Gasteiger partial charge in [0.25, 0.3) is 0 Å². The monoisotopic (exact) mass is 393 g/mol. The van der Waals surface area contributed by atoms with Gasteiger partial charge in [-0.1, -0.05) is 13.0 Å². The second-order valence-corrected chi connectivity index (χ2v) is 8.63. The minimum atomic E-state index is 0.151. The molecule has 1 saturated heterocycles. The van der Waals surface area contributed by atoms with Gasteiger partial charge in [-0.05, 0) is 61.1 Å². The molecular formula is C23H31N5O. The van der Waals surface area contributed by atoms with Crippen LogP contribution in [-0.2, 0) is 13.0 Å². The quantitative estimate of drug-likeness (QED) is 0.615. The molecule has 1 aromatic carbocycles. The lowest BCUT2D eigenvalue weighted by atomic mass is 9.81. The van der Waals surface area contributed by atoms with Crippen LogP contribution >= 0.6 is 0 Å². The van der Waals surface area contributed by atoms with Crippen molar-refractivity contribution in [2.45, 2.75) is 39.2 Å². The third kappa shape index (κ3) is 4.63. The van der Waals surface area contributed by atoms with Crippen LogP contribution in [-0.4, -0.2) is 42.1 Å². The largest absolute Gasteiger partial charge is 0.493 e. The molecule has 2 aliphatic heterocycles. The summed E-state index contributed by atoms with van der Waals surface area (Å²) in [5.41, 5.74) is 9.74. The van der Waals surface area contributed by atoms with Crippen LogP contribution < -0.4 is 15.4 Å². The number of nitrogens with one attached hydrogen (secondary N) is 1. The number of guanidine groups is 1. The molecule has 2 aliphatic rings. The summed E-state index contributed by atoms with van der Waals surface area (Å²) in [6, 6.07) is 10.6. The number of anilines is 1. The average molecular weight is 394 g/mol. The lowest BCUT2D eigenvalue weighted by Gasteiger charge is -2.40. The Labute approximate surface area is 173 Å². The topological polar surface area (TPSA) is 78.5 Å². The highest BCUT2D eigenvalue weighted by Crippen LogP contribution is 2.34. The van der Waals surface area contributed by atoms with Gasteiger partial charge in [0.1, 0.15) is 5.75 Å². The van der Waals surface area contributed by atoms with Gasteiger partial charge >= 0.3 is 0 Å². The maximum atomic E-state index is 7.77. The first-order valence-electron chi connectivity index (χ1n) is 10.5. The van der Waals surface area contributed by atoms with Crippen molar-refractivity contribution in [1.82, 2.24) is 9.88 Å². The molecule has 3 heterocycles. The zero-order valence-electron chi connectivity index (χ0n) is 17.2. The molecule has 154 valence electrons. The summed E-state index contributed by atoms with van der Waals surface area (Å²) < 4.78 is 6.26. The third-order valence-electron chi connectivity index (χ3n) is 6.34. The van der Waals surface area contributed by atoms with Crippen molar-refractivity contribution in [3.05, 3.63) is 53.9 Å². The summed E-state index contributed by atoms with van der Waals surface area (Å²) in [4.78, 5) is 8.48. The second-order valence-electron chi connectivity index (χ2n) is 8.63. The number of ether oxygens (including phenoxy) is 1. The third-order valence-corrected chi connectivity index (χ3v) is 6.34. The molecule has 2 aromatic rings. The first kappa shape index (κ1) is 19.6. The lowest BCUT2D eigenvalue weighted by Crippen LogP contribution is -2.41. The van der Waals surface area contributed by atoms with Crippen LogP contribution in [0.2, 0.25) is 0 Å². The molecule has 4 rings (SSSR count). The predicted octanol–water partition coefficient (Wildman–Crippen LogP) is 3.41. The van der Waals surface area contributed by atoms with Gasteiger partial charge in [0, 0.05) is 49.7 Å². The van der Waals surface area contributed by atoms with Gasteiger partial charge in [0.05, 0.1) is 6.61 Å². The van der Waals surface area contributed by atoms with E-state index in [1.54, 1.807) is 0 Å². The summed E-state index contributed by atoms with van der Waals surface area (Å²) in [6.45, 7) is 6.68.